The molecule has 5 rings (SSSR count). The number of benzene rings is 3. The number of rotatable bonds is 7. The van der Waals surface area contributed by atoms with Crippen LogP contribution in [-0.2, 0) is 17.8 Å². The van der Waals surface area contributed by atoms with E-state index < -0.39 is 11.8 Å². The van der Waals surface area contributed by atoms with Gasteiger partial charge >= 0.3 is 0 Å². The molecule has 4 aromatic rings. The molecular formula is C26H22N4O5. The number of aromatic hydroxyl groups is 1. The molecule has 1 aliphatic rings. The van der Waals surface area contributed by atoms with Gasteiger partial charge in [-0.3, -0.25) is 9.59 Å². The zero-order valence-electron chi connectivity index (χ0n) is 18.7. The van der Waals surface area contributed by atoms with Gasteiger partial charge in [0.15, 0.2) is 17.2 Å². The molecule has 0 unspecified atom stereocenters. The van der Waals surface area contributed by atoms with Crippen LogP contribution in [0.4, 0.5) is 5.69 Å². The van der Waals surface area contributed by atoms with Crippen LogP contribution in [0.1, 0.15) is 15.9 Å². The molecule has 2 amide bonds. The number of para-hydroxylation sites is 1. The topological polar surface area (TPSA) is 115 Å². The summed E-state index contributed by atoms with van der Waals surface area (Å²) in [6.07, 6.45) is 0.717. The first-order valence-electron chi connectivity index (χ1n) is 11.1. The number of nitrogens with zero attached hydrogens (tertiary/aromatic N) is 3. The number of hydrogen-bond acceptors (Lipinski definition) is 6. The number of azo groups is 1. The summed E-state index contributed by atoms with van der Waals surface area (Å²) in [7, 11) is 0. The maximum absolute atomic E-state index is 12.4. The van der Waals surface area contributed by atoms with Gasteiger partial charge in [0, 0.05) is 17.5 Å². The summed E-state index contributed by atoms with van der Waals surface area (Å²) >= 11 is 0. The molecule has 0 atom stereocenters. The maximum atomic E-state index is 12.4. The van der Waals surface area contributed by atoms with E-state index in [0.29, 0.717) is 35.4 Å². The van der Waals surface area contributed by atoms with Crippen LogP contribution in [0.15, 0.2) is 83.0 Å². The van der Waals surface area contributed by atoms with Crippen molar-refractivity contribution in [3.05, 3.63) is 83.9 Å². The number of amides is 2. The average Bonchev–Trinajstić information content (AvgIpc) is 3.46. The molecule has 1 aromatic heterocycles. The summed E-state index contributed by atoms with van der Waals surface area (Å²) in [5.74, 6) is -0.133. The Labute approximate surface area is 200 Å². The zero-order chi connectivity index (χ0) is 24.2. The molecule has 35 heavy (non-hydrogen) atoms. The molecule has 0 fully saturated rings. The molecule has 0 aliphatic carbocycles. The van der Waals surface area contributed by atoms with Crippen molar-refractivity contribution < 1.29 is 24.2 Å². The van der Waals surface area contributed by atoms with Gasteiger partial charge in [-0.1, -0.05) is 48.5 Å². The lowest BCUT2D eigenvalue weighted by molar-refractivity contribution is -0.117. The van der Waals surface area contributed by atoms with Crippen molar-refractivity contribution in [1.82, 2.24) is 9.88 Å². The number of aromatic nitrogens is 1. The van der Waals surface area contributed by atoms with Gasteiger partial charge in [-0.2, -0.15) is 0 Å². The number of carbonyl (C=O) groups excluding carboxylic acids is 2. The first kappa shape index (κ1) is 22.1. The monoisotopic (exact) mass is 470 g/mol. The summed E-state index contributed by atoms with van der Waals surface area (Å²) < 4.78 is 12.2. The largest absolute Gasteiger partial charge is 0.493 e. The maximum Gasteiger partial charge on any atom is 0.283 e. The molecule has 0 saturated heterocycles. The highest BCUT2D eigenvalue weighted by Gasteiger charge is 2.18. The minimum Gasteiger partial charge on any atom is -0.493 e. The lowest BCUT2D eigenvalue weighted by atomic mass is 10.1. The van der Waals surface area contributed by atoms with Crippen LogP contribution in [-0.4, -0.2) is 34.8 Å². The molecule has 3 aromatic carbocycles. The van der Waals surface area contributed by atoms with E-state index >= 15 is 0 Å². The van der Waals surface area contributed by atoms with Crippen LogP contribution in [0.5, 0.6) is 17.4 Å². The molecule has 0 saturated carbocycles. The molecule has 0 bridgehead atoms. The Morgan fingerprint density at radius 2 is 1.74 bits per heavy atom. The summed E-state index contributed by atoms with van der Waals surface area (Å²) in [5.41, 5.74) is 2.47. The number of fused-ring (bicyclic) bond motifs is 2. The second-order valence-corrected chi connectivity index (χ2v) is 7.92. The number of nitrogens with one attached hydrogen (secondary N) is 1. The fourth-order valence-corrected chi connectivity index (χ4v) is 3.92. The molecule has 2 heterocycles. The van der Waals surface area contributed by atoms with Crippen molar-refractivity contribution in [2.75, 3.05) is 13.3 Å². The quantitative estimate of drug-likeness (QED) is 0.390. The van der Waals surface area contributed by atoms with E-state index in [4.69, 9.17) is 9.47 Å². The normalized spacial score (nSPS) is 12.3. The predicted octanol–water partition coefficient (Wildman–Crippen LogP) is 4.36. The van der Waals surface area contributed by atoms with Gasteiger partial charge in [0.25, 0.3) is 11.8 Å². The van der Waals surface area contributed by atoms with E-state index in [2.05, 4.69) is 15.5 Å². The average molecular weight is 470 g/mol. The molecule has 0 radical (unpaired) electrons. The van der Waals surface area contributed by atoms with Crippen LogP contribution >= 0.6 is 0 Å². The molecule has 9 nitrogen and oxygen atoms in total. The minimum atomic E-state index is -0.653. The van der Waals surface area contributed by atoms with Gasteiger partial charge < -0.3 is 24.5 Å². The highest BCUT2D eigenvalue weighted by Crippen LogP contribution is 2.39. The van der Waals surface area contributed by atoms with E-state index in [1.165, 1.54) is 0 Å². The fraction of sp³-hybridized carbons (Fsp3) is 0.154. The molecule has 9 heteroatoms. The molecule has 176 valence electrons. The Morgan fingerprint density at radius 3 is 2.60 bits per heavy atom. The second-order valence-electron chi connectivity index (χ2n) is 7.92. The minimum absolute atomic E-state index is 0.0666. The Morgan fingerprint density at radius 1 is 0.971 bits per heavy atom. The van der Waals surface area contributed by atoms with E-state index in [1.54, 1.807) is 22.8 Å². The molecule has 0 spiro atoms. The zero-order valence-corrected chi connectivity index (χ0v) is 18.7. The Hall–Kier alpha value is -4.66. The Kier molecular flexibility index (Phi) is 6.13. The number of carbonyl (C=O) groups is 2. The molecular weight excluding hydrogens is 448 g/mol. The lowest BCUT2D eigenvalue weighted by Crippen LogP contribution is -2.28. The summed E-state index contributed by atoms with van der Waals surface area (Å²) in [6.45, 7) is 0.296. The van der Waals surface area contributed by atoms with Crippen LogP contribution in [0.25, 0.3) is 10.9 Å². The van der Waals surface area contributed by atoms with Gasteiger partial charge in [0.05, 0.1) is 5.52 Å². The van der Waals surface area contributed by atoms with Crippen LogP contribution in [0.2, 0.25) is 0 Å². The predicted molar refractivity (Wildman–Crippen MR) is 128 cm³/mol. The fourth-order valence-electron chi connectivity index (χ4n) is 3.92. The van der Waals surface area contributed by atoms with E-state index in [9.17, 15) is 14.7 Å². The van der Waals surface area contributed by atoms with Gasteiger partial charge in [0.2, 0.25) is 12.7 Å². The smallest absolute Gasteiger partial charge is 0.283 e. The van der Waals surface area contributed by atoms with Crippen molar-refractivity contribution in [2.45, 2.75) is 13.0 Å². The Bertz CT molecular complexity index is 1430. The van der Waals surface area contributed by atoms with Crippen molar-refractivity contribution in [2.24, 2.45) is 10.2 Å². The van der Waals surface area contributed by atoms with Gasteiger partial charge in [-0.05, 0) is 36.2 Å². The third-order valence-corrected chi connectivity index (χ3v) is 5.68. The third kappa shape index (κ3) is 4.70. The summed E-state index contributed by atoms with van der Waals surface area (Å²) in [4.78, 5) is 24.7. The van der Waals surface area contributed by atoms with Gasteiger partial charge in [-0.15, -0.1) is 10.2 Å². The van der Waals surface area contributed by atoms with E-state index in [1.807, 2.05) is 54.6 Å². The first-order valence-corrected chi connectivity index (χ1v) is 11.1. The Balaban J connectivity index is 1.27. The van der Waals surface area contributed by atoms with Crippen molar-refractivity contribution in [3.63, 3.8) is 0 Å². The van der Waals surface area contributed by atoms with E-state index in [-0.39, 0.29) is 24.9 Å². The third-order valence-electron chi connectivity index (χ3n) is 5.68. The second kappa shape index (κ2) is 9.68. The highest BCUT2D eigenvalue weighted by molar-refractivity contribution is 5.97. The number of ether oxygens (including phenoxy) is 2. The van der Waals surface area contributed by atoms with Crippen LogP contribution in [0, 0.1) is 0 Å². The van der Waals surface area contributed by atoms with Crippen LogP contribution < -0.4 is 14.8 Å². The summed E-state index contributed by atoms with van der Waals surface area (Å²) in [6, 6.07) is 22.1. The highest BCUT2D eigenvalue weighted by atomic mass is 16.7. The molecule has 1 aliphatic heterocycles. The van der Waals surface area contributed by atoms with Gasteiger partial charge in [0.1, 0.15) is 6.54 Å². The summed E-state index contributed by atoms with van der Waals surface area (Å²) in [5, 5.41) is 21.8. The number of aryl methyl sites for hydroxylation is 2. The van der Waals surface area contributed by atoms with E-state index in [0.717, 1.165) is 11.1 Å². The standard InChI is InChI=1S/C26H22N4O5/c31-23(15-27-25(32)18-10-11-21-22(14-18)35-16-34-21)28-29-24-19-8-4-5-9-20(19)30(26(24)33)13-12-17-6-2-1-3-7-17/h1-11,14,33H,12-13,15-16H2,(H,27,32). The van der Waals surface area contributed by atoms with Crippen molar-refractivity contribution >= 4 is 28.4 Å². The van der Waals surface area contributed by atoms with Crippen LogP contribution in [0.3, 0.4) is 0 Å². The molecule has 2 N–H and O–H groups in total. The first-order chi connectivity index (χ1) is 17.1. The number of hydrogen-bond donors (Lipinski definition) is 2. The van der Waals surface area contributed by atoms with Gasteiger partial charge in [-0.25, -0.2) is 0 Å². The van der Waals surface area contributed by atoms with Crippen molar-refractivity contribution in [3.8, 4) is 17.4 Å². The lowest BCUT2D eigenvalue weighted by Gasteiger charge is -2.07. The van der Waals surface area contributed by atoms with Crippen molar-refractivity contribution in [1.29, 1.82) is 0 Å². The SMILES string of the molecule is O=C(CNC(=O)c1ccc2c(c1)OCO2)N=Nc1c(O)n(CCc2ccccc2)c2ccccc12.